The second kappa shape index (κ2) is 8.91. The normalized spacial score (nSPS) is 13.0. The number of fused-ring (bicyclic) bond motifs is 1. The second-order valence-corrected chi connectivity index (χ2v) is 6.93. The number of nitrogens with zero attached hydrogens (tertiary/aromatic N) is 2. The standard InChI is InChI=1S/C21H25FN6O2/c1-4-15(11(2)23)27-18-16(28-20-13(19(24)29)6-5-9-25-20)8-7-12-17(18)14(22)10-26-21(12)30-3/h5-11,15,27H,4,23H2,1-3H3,(H2,24,29)(H,25,28)/t11-,15+/m0/s1. The Morgan fingerprint density at radius 2 is 2.07 bits per heavy atom. The molecule has 8 nitrogen and oxygen atoms in total. The highest BCUT2D eigenvalue weighted by Gasteiger charge is 2.21. The maximum atomic E-state index is 14.9. The van der Waals surface area contributed by atoms with E-state index in [1.807, 2.05) is 13.8 Å². The number of nitrogens with two attached hydrogens (primary N) is 2. The van der Waals surface area contributed by atoms with Crippen molar-refractivity contribution < 1.29 is 13.9 Å². The van der Waals surface area contributed by atoms with Crippen molar-refractivity contribution in [2.45, 2.75) is 32.4 Å². The molecule has 0 fully saturated rings. The third-order valence-electron chi connectivity index (χ3n) is 4.89. The number of hydrogen-bond acceptors (Lipinski definition) is 7. The number of aromatic nitrogens is 2. The van der Waals surface area contributed by atoms with Gasteiger partial charge in [0.15, 0.2) is 5.82 Å². The van der Waals surface area contributed by atoms with Crippen LogP contribution in [0.5, 0.6) is 5.88 Å². The van der Waals surface area contributed by atoms with Crippen LogP contribution in [-0.4, -0.2) is 35.1 Å². The fourth-order valence-electron chi connectivity index (χ4n) is 3.32. The van der Waals surface area contributed by atoms with Gasteiger partial charge in [0, 0.05) is 29.1 Å². The van der Waals surface area contributed by atoms with E-state index in [1.54, 1.807) is 24.3 Å². The Morgan fingerprint density at radius 3 is 2.70 bits per heavy atom. The second-order valence-electron chi connectivity index (χ2n) is 6.93. The quantitative estimate of drug-likeness (QED) is 0.447. The Morgan fingerprint density at radius 1 is 1.30 bits per heavy atom. The van der Waals surface area contributed by atoms with Crippen LogP contribution in [0.15, 0.2) is 36.7 Å². The van der Waals surface area contributed by atoms with Gasteiger partial charge in [-0.1, -0.05) is 6.92 Å². The van der Waals surface area contributed by atoms with Crippen LogP contribution < -0.4 is 26.8 Å². The van der Waals surface area contributed by atoms with Crippen LogP contribution in [0.2, 0.25) is 0 Å². The molecular formula is C21H25FN6O2. The van der Waals surface area contributed by atoms with Crippen LogP contribution in [0.1, 0.15) is 30.6 Å². The number of rotatable bonds is 8. The third-order valence-corrected chi connectivity index (χ3v) is 4.89. The Hall–Kier alpha value is -3.46. The monoisotopic (exact) mass is 412 g/mol. The van der Waals surface area contributed by atoms with E-state index >= 15 is 0 Å². The van der Waals surface area contributed by atoms with Crippen LogP contribution in [0.3, 0.4) is 0 Å². The summed E-state index contributed by atoms with van der Waals surface area (Å²) in [5, 5.41) is 7.25. The average molecular weight is 412 g/mol. The summed E-state index contributed by atoms with van der Waals surface area (Å²) in [6.07, 6.45) is 3.36. The van der Waals surface area contributed by atoms with Gasteiger partial charge in [-0.2, -0.15) is 0 Å². The number of nitrogens with one attached hydrogen (secondary N) is 2. The van der Waals surface area contributed by atoms with Crippen molar-refractivity contribution in [1.82, 2.24) is 9.97 Å². The van der Waals surface area contributed by atoms with Gasteiger partial charge < -0.3 is 26.8 Å². The molecule has 2 aromatic heterocycles. The summed E-state index contributed by atoms with van der Waals surface area (Å²) < 4.78 is 20.2. The first-order valence-electron chi connectivity index (χ1n) is 9.56. The maximum absolute atomic E-state index is 14.9. The molecule has 6 N–H and O–H groups in total. The summed E-state index contributed by atoms with van der Waals surface area (Å²) in [7, 11) is 1.47. The highest BCUT2D eigenvalue weighted by Crippen LogP contribution is 2.38. The van der Waals surface area contributed by atoms with Crippen molar-refractivity contribution >= 4 is 33.9 Å². The van der Waals surface area contributed by atoms with Crippen LogP contribution >= 0.6 is 0 Å². The molecule has 1 amide bonds. The van der Waals surface area contributed by atoms with Crippen LogP contribution in [0.25, 0.3) is 10.8 Å². The number of methoxy groups -OCH3 is 1. The van der Waals surface area contributed by atoms with Gasteiger partial charge in [-0.25, -0.2) is 14.4 Å². The molecule has 2 atom stereocenters. The molecule has 3 rings (SSSR count). The number of benzene rings is 1. The van der Waals surface area contributed by atoms with Crippen molar-refractivity contribution in [2.75, 3.05) is 17.7 Å². The van der Waals surface area contributed by atoms with Crippen molar-refractivity contribution in [2.24, 2.45) is 11.5 Å². The lowest BCUT2D eigenvalue weighted by Gasteiger charge is -2.25. The molecule has 2 heterocycles. The zero-order valence-corrected chi connectivity index (χ0v) is 17.1. The lowest BCUT2D eigenvalue weighted by molar-refractivity contribution is 0.100. The average Bonchev–Trinajstić information content (AvgIpc) is 2.73. The van der Waals surface area contributed by atoms with E-state index in [1.165, 1.54) is 13.3 Å². The van der Waals surface area contributed by atoms with E-state index in [0.717, 1.165) is 6.20 Å². The minimum Gasteiger partial charge on any atom is -0.481 e. The van der Waals surface area contributed by atoms with E-state index in [2.05, 4.69) is 20.6 Å². The fourth-order valence-corrected chi connectivity index (χ4v) is 3.32. The number of carbonyl (C=O) groups excluding carboxylic acids is 1. The SMILES string of the molecule is CC[C@@H](Nc1c(Nc2ncccc2C(N)=O)ccc2c(OC)ncc(F)c12)[C@H](C)N. The minimum atomic E-state index is -0.625. The van der Waals surface area contributed by atoms with E-state index in [0.29, 0.717) is 34.4 Å². The molecule has 30 heavy (non-hydrogen) atoms. The first-order chi connectivity index (χ1) is 14.4. The molecule has 0 bridgehead atoms. The molecule has 3 aromatic rings. The number of carbonyl (C=O) groups is 1. The minimum absolute atomic E-state index is 0.131. The van der Waals surface area contributed by atoms with Crippen LogP contribution in [0.4, 0.5) is 21.6 Å². The number of anilines is 3. The lowest BCUT2D eigenvalue weighted by atomic mass is 10.0. The number of pyridine rings is 2. The summed E-state index contributed by atoms with van der Waals surface area (Å²) in [6.45, 7) is 3.86. The number of halogens is 1. The van der Waals surface area contributed by atoms with Gasteiger partial charge in [-0.3, -0.25) is 4.79 Å². The first kappa shape index (κ1) is 21.3. The van der Waals surface area contributed by atoms with Crippen molar-refractivity contribution in [1.29, 1.82) is 0 Å². The smallest absolute Gasteiger partial charge is 0.252 e. The predicted octanol–water partition coefficient (Wildman–Crippen LogP) is 3.16. The summed E-state index contributed by atoms with van der Waals surface area (Å²) in [5.74, 6) is -0.583. The highest BCUT2D eigenvalue weighted by atomic mass is 19.1. The van der Waals surface area contributed by atoms with E-state index in [9.17, 15) is 9.18 Å². The molecule has 0 unspecified atom stereocenters. The summed E-state index contributed by atoms with van der Waals surface area (Å²) in [4.78, 5) is 20.0. The number of ether oxygens (including phenoxy) is 1. The number of primary amides is 1. The van der Waals surface area contributed by atoms with Gasteiger partial charge in [-0.15, -0.1) is 0 Å². The summed E-state index contributed by atoms with van der Waals surface area (Å²) in [6, 6.07) is 6.29. The molecular weight excluding hydrogens is 387 g/mol. The van der Waals surface area contributed by atoms with Crippen molar-refractivity contribution in [3.05, 3.63) is 48.0 Å². The van der Waals surface area contributed by atoms with Crippen LogP contribution in [0, 0.1) is 5.82 Å². The zero-order valence-electron chi connectivity index (χ0n) is 17.1. The molecule has 0 aliphatic carbocycles. The zero-order chi connectivity index (χ0) is 21.8. The van der Waals surface area contributed by atoms with E-state index < -0.39 is 11.7 Å². The van der Waals surface area contributed by atoms with Gasteiger partial charge in [0.2, 0.25) is 5.88 Å². The molecule has 0 aliphatic heterocycles. The van der Waals surface area contributed by atoms with Gasteiger partial charge in [0.05, 0.1) is 30.2 Å². The summed E-state index contributed by atoms with van der Waals surface area (Å²) in [5.41, 5.74) is 12.8. The number of amides is 1. The predicted molar refractivity (Wildman–Crippen MR) is 116 cm³/mol. The molecule has 0 spiro atoms. The van der Waals surface area contributed by atoms with Gasteiger partial charge in [0.1, 0.15) is 5.82 Å². The Kier molecular flexibility index (Phi) is 6.31. The lowest BCUT2D eigenvalue weighted by Crippen LogP contribution is -2.37. The Balaban J connectivity index is 2.22. The maximum Gasteiger partial charge on any atom is 0.252 e. The van der Waals surface area contributed by atoms with Crippen molar-refractivity contribution in [3.8, 4) is 5.88 Å². The van der Waals surface area contributed by atoms with E-state index in [-0.39, 0.29) is 23.5 Å². The Bertz CT molecular complexity index is 1070. The fraction of sp³-hybridized carbons (Fsp3) is 0.286. The molecule has 158 valence electrons. The van der Waals surface area contributed by atoms with Crippen molar-refractivity contribution in [3.63, 3.8) is 0 Å². The molecule has 0 saturated heterocycles. The highest BCUT2D eigenvalue weighted by molar-refractivity contribution is 6.04. The Labute approximate surface area is 173 Å². The third kappa shape index (κ3) is 4.11. The molecule has 1 aromatic carbocycles. The van der Waals surface area contributed by atoms with Crippen LogP contribution in [-0.2, 0) is 0 Å². The number of hydrogen-bond donors (Lipinski definition) is 4. The van der Waals surface area contributed by atoms with Gasteiger partial charge >= 0.3 is 0 Å². The van der Waals surface area contributed by atoms with Gasteiger partial charge in [-0.05, 0) is 37.6 Å². The largest absolute Gasteiger partial charge is 0.481 e. The molecule has 0 radical (unpaired) electrons. The van der Waals surface area contributed by atoms with Gasteiger partial charge in [0.25, 0.3) is 5.91 Å². The first-order valence-corrected chi connectivity index (χ1v) is 9.56. The topological polar surface area (TPSA) is 128 Å². The van der Waals surface area contributed by atoms with E-state index in [4.69, 9.17) is 16.2 Å². The summed E-state index contributed by atoms with van der Waals surface area (Å²) >= 11 is 0. The molecule has 0 aliphatic rings. The molecule has 9 heteroatoms. The molecule has 0 saturated carbocycles.